The Hall–Kier alpha value is -1.64. The van der Waals surface area contributed by atoms with Crippen molar-refractivity contribution in [3.8, 4) is 0 Å². The summed E-state index contributed by atoms with van der Waals surface area (Å²) in [6.45, 7) is 7.72. The molecule has 0 aromatic heterocycles. The van der Waals surface area contributed by atoms with Crippen molar-refractivity contribution in [1.82, 2.24) is 14.9 Å². The van der Waals surface area contributed by atoms with E-state index in [1.165, 1.54) is 0 Å². The molecule has 1 atom stereocenters. The molecular weight excluding hydrogens is 364 g/mol. The molecule has 1 saturated heterocycles. The number of aliphatic hydroxyl groups excluding tert-OH is 1. The molecule has 0 spiro atoms. The van der Waals surface area contributed by atoms with E-state index in [1.54, 1.807) is 11.2 Å². The lowest BCUT2D eigenvalue weighted by Crippen LogP contribution is -2.50. The number of aliphatic hydroxyl groups is 1. The largest absolute Gasteiger partial charge is 0.386 e. The second-order valence-electron chi connectivity index (χ2n) is 6.86. The molecule has 1 aliphatic rings. The number of benzene rings is 1. The predicted molar refractivity (Wildman–Crippen MR) is 109 cm³/mol. The fourth-order valence-electron chi connectivity index (χ4n) is 3.05. The fraction of sp³-hybridized carbons (Fsp3) is 0.632. The van der Waals surface area contributed by atoms with Gasteiger partial charge in [0.15, 0.2) is 5.96 Å². The van der Waals surface area contributed by atoms with Gasteiger partial charge in [-0.25, -0.2) is 12.7 Å². The van der Waals surface area contributed by atoms with Gasteiger partial charge in [-0.3, -0.25) is 4.99 Å². The van der Waals surface area contributed by atoms with Gasteiger partial charge in [0.2, 0.25) is 10.0 Å². The highest BCUT2D eigenvalue weighted by Gasteiger charge is 2.27. The van der Waals surface area contributed by atoms with Crippen molar-refractivity contribution >= 4 is 16.0 Å². The summed E-state index contributed by atoms with van der Waals surface area (Å²) in [7, 11) is -3.11. The first kappa shape index (κ1) is 21.7. The number of guanidine groups is 1. The molecule has 2 rings (SSSR count). The molecule has 0 bridgehead atoms. The SMILES string of the molecule is CCNC(=NCC(O)c1ccc(C)cc1)NC1CCN(S(=O)(=O)CC)CC1. The van der Waals surface area contributed by atoms with E-state index in [1.807, 2.05) is 38.1 Å². The molecule has 1 fully saturated rings. The minimum absolute atomic E-state index is 0.145. The Morgan fingerprint density at radius 2 is 1.89 bits per heavy atom. The van der Waals surface area contributed by atoms with Gasteiger partial charge in [0, 0.05) is 25.7 Å². The summed E-state index contributed by atoms with van der Waals surface area (Å²) in [5.41, 5.74) is 2.00. The normalized spacial score (nSPS) is 18.3. The average Bonchev–Trinajstić information content (AvgIpc) is 2.67. The van der Waals surface area contributed by atoms with Gasteiger partial charge < -0.3 is 15.7 Å². The Labute approximate surface area is 162 Å². The zero-order valence-electron chi connectivity index (χ0n) is 16.5. The van der Waals surface area contributed by atoms with Crippen LogP contribution in [0, 0.1) is 6.92 Å². The summed E-state index contributed by atoms with van der Waals surface area (Å²) in [6.07, 6.45) is 0.825. The standard InChI is InChI=1S/C19H32N4O3S/c1-4-20-19(21-14-18(24)16-8-6-15(3)7-9-16)22-17-10-12-23(13-11-17)27(25,26)5-2/h6-9,17-18,24H,4-5,10-14H2,1-3H3,(H2,20,21,22). The van der Waals surface area contributed by atoms with E-state index in [4.69, 9.17) is 0 Å². The maximum atomic E-state index is 12.0. The second kappa shape index (κ2) is 10.1. The zero-order valence-corrected chi connectivity index (χ0v) is 17.3. The monoisotopic (exact) mass is 396 g/mol. The van der Waals surface area contributed by atoms with E-state index in [0.29, 0.717) is 19.0 Å². The van der Waals surface area contributed by atoms with Crippen molar-refractivity contribution in [2.45, 2.75) is 45.8 Å². The van der Waals surface area contributed by atoms with Gasteiger partial charge in [0.05, 0.1) is 18.4 Å². The van der Waals surface area contributed by atoms with E-state index >= 15 is 0 Å². The molecule has 0 saturated carbocycles. The minimum Gasteiger partial charge on any atom is -0.386 e. The van der Waals surface area contributed by atoms with Crippen molar-refractivity contribution in [2.75, 3.05) is 31.9 Å². The summed E-state index contributed by atoms with van der Waals surface area (Å²) in [5, 5.41) is 16.9. The Kier molecular flexibility index (Phi) is 8.07. The lowest BCUT2D eigenvalue weighted by molar-refractivity contribution is 0.187. The lowest BCUT2D eigenvalue weighted by Gasteiger charge is -2.32. The van der Waals surface area contributed by atoms with Crippen LogP contribution < -0.4 is 10.6 Å². The lowest BCUT2D eigenvalue weighted by atomic mass is 10.1. The van der Waals surface area contributed by atoms with Gasteiger partial charge in [0.1, 0.15) is 0 Å². The summed E-state index contributed by atoms with van der Waals surface area (Å²) >= 11 is 0. The van der Waals surface area contributed by atoms with Gasteiger partial charge in [-0.15, -0.1) is 0 Å². The van der Waals surface area contributed by atoms with Crippen molar-refractivity contribution in [3.05, 3.63) is 35.4 Å². The van der Waals surface area contributed by atoms with Gasteiger partial charge in [-0.05, 0) is 39.2 Å². The van der Waals surface area contributed by atoms with Crippen LogP contribution >= 0.6 is 0 Å². The van der Waals surface area contributed by atoms with Crippen LogP contribution in [0.2, 0.25) is 0 Å². The first-order valence-corrected chi connectivity index (χ1v) is 11.2. The summed E-state index contributed by atoms with van der Waals surface area (Å²) in [5.74, 6) is 0.798. The van der Waals surface area contributed by atoms with Gasteiger partial charge in [-0.1, -0.05) is 29.8 Å². The zero-order chi connectivity index (χ0) is 19.9. The van der Waals surface area contributed by atoms with Crippen LogP contribution in [0.4, 0.5) is 0 Å². The molecule has 0 aliphatic carbocycles. The van der Waals surface area contributed by atoms with E-state index in [9.17, 15) is 13.5 Å². The fourth-order valence-corrected chi connectivity index (χ4v) is 4.18. The molecule has 27 heavy (non-hydrogen) atoms. The molecule has 7 nitrogen and oxygen atoms in total. The minimum atomic E-state index is -3.11. The quantitative estimate of drug-likeness (QED) is 0.478. The van der Waals surface area contributed by atoms with Crippen LogP contribution in [0.3, 0.4) is 0 Å². The molecule has 0 amide bonds. The number of hydrogen-bond donors (Lipinski definition) is 3. The molecule has 3 N–H and O–H groups in total. The highest BCUT2D eigenvalue weighted by Crippen LogP contribution is 2.15. The van der Waals surface area contributed by atoms with E-state index in [0.717, 1.165) is 30.5 Å². The Balaban J connectivity index is 1.91. The molecule has 8 heteroatoms. The molecule has 1 aliphatic heterocycles. The third-order valence-electron chi connectivity index (χ3n) is 4.78. The number of nitrogens with zero attached hydrogens (tertiary/aromatic N) is 2. The number of nitrogens with one attached hydrogen (secondary N) is 2. The second-order valence-corrected chi connectivity index (χ2v) is 9.12. The number of piperidine rings is 1. The highest BCUT2D eigenvalue weighted by atomic mass is 32.2. The van der Waals surface area contributed by atoms with Crippen molar-refractivity contribution in [1.29, 1.82) is 0 Å². The van der Waals surface area contributed by atoms with E-state index < -0.39 is 16.1 Å². The first-order chi connectivity index (χ1) is 12.9. The van der Waals surface area contributed by atoms with Gasteiger partial charge in [-0.2, -0.15) is 0 Å². The third kappa shape index (κ3) is 6.48. The molecule has 1 unspecified atom stereocenters. The maximum absolute atomic E-state index is 12.0. The van der Waals surface area contributed by atoms with Crippen molar-refractivity contribution in [2.24, 2.45) is 4.99 Å². The van der Waals surface area contributed by atoms with Crippen LogP contribution in [-0.4, -0.2) is 61.8 Å². The van der Waals surface area contributed by atoms with Crippen molar-refractivity contribution < 1.29 is 13.5 Å². The third-order valence-corrected chi connectivity index (χ3v) is 6.66. The molecule has 1 aromatic rings. The Morgan fingerprint density at radius 3 is 2.44 bits per heavy atom. The first-order valence-electron chi connectivity index (χ1n) is 9.63. The summed E-state index contributed by atoms with van der Waals surface area (Å²) in [6, 6.07) is 7.95. The van der Waals surface area contributed by atoms with Crippen LogP contribution in [0.15, 0.2) is 29.3 Å². The molecule has 0 radical (unpaired) electrons. The van der Waals surface area contributed by atoms with E-state index in [2.05, 4.69) is 15.6 Å². The van der Waals surface area contributed by atoms with Crippen LogP contribution in [-0.2, 0) is 10.0 Å². The highest BCUT2D eigenvalue weighted by molar-refractivity contribution is 7.89. The predicted octanol–water partition coefficient (Wildman–Crippen LogP) is 1.40. The van der Waals surface area contributed by atoms with Gasteiger partial charge >= 0.3 is 0 Å². The molecular formula is C19H32N4O3S. The van der Waals surface area contributed by atoms with Crippen molar-refractivity contribution in [3.63, 3.8) is 0 Å². The maximum Gasteiger partial charge on any atom is 0.213 e. The molecule has 152 valence electrons. The summed E-state index contributed by atoms with van der Waals surface area (Å²) in [4.78, 5) is 4.50. The molecule has 1 heterocycles. The number of rotatable bonds is 7. The van der Waals surface area contributed by atoms with E-state index in [-0.39, 0.29) is 18.3 Å². The average molecular weight is 397 g/mol. The smallest absolute Gasteiger partial charge is 0.213 e. The van der Waals surface area contributed by atoms with Crippen LogP contribution in [0.25, 0.3) is 0 Å². The Morgan fingerprint density at radius 1 is 1.26 bits per heavy atom. The number of hydrogen-bond acceptors (Lipinski definition) is 4. The Bertz CT molecular complexity index is 711. The molecule has 1 aromatic carbocycles. The number of aryl methyl sites for hydroxylation is 1. The van der Waals surface area contributed by atoms with Crippen LogP contribution in [0.1, 0.15) is 43.9 Å². The van der Waals surface area contributed by atoms with Crippen LogP contribution in [0.5, 0.6) is 0 Å². The number of sulfonamides is 1. The summed E-state index contributed by atoms with van der Waals surface area (Å²) < 4.78 is 25.5. The van der Waals surface area contributed by atoms with Gasteiger partial charge in [0.25, 0.3) is 0 Å². The number of aliphatic imine (C=N–C) groups is 1. The topological polar surface area (TPSA) is 94.0 Å².